The van der Waals surface area contributed by atoms with Gasteiger partial charge in [-0.15, -0.1) is 0 Å². The summed E-state index contributed by atoms with van der Waals surface area (Å²) in [5, 5.41) is 40.6. The second kappa shape index (κ2) is 16.0. The van der Waals surface area contributed by atoms with Gasteiger partial charge in [0.25, 0.3) is 5.56 Å². The fourth-order valence-corrected chi connectivity index (χ4v) is 9.89. The lowest BCUT2D eigenvalue weighted by Crippen LogP contribution is -2.56. The molecule has 0 radical (unpaired) electrons. The third kappa shape index (κ3) is 6.92. The van der Waals surface area contributed by atoms with Crippen LogP contribution in [0.1, 0.15) is 74.8 Å². The van der Waals surface area contributed by atoms with Gasteiger partial charge in [0.05, 0.1) is 40.3 Å². The third-order valence-corrected chi connectivity index (χ3v) is 13.5. The molecule has 7 aromatic rings. The van der Waals surface area contributed by atoms with Gasteiger partial charge in [0, 0.05) is 65.4 Å². The second-order valence-electron chi connectivity index (χ2n) is 17.8. The molecule has 2 atom stereocenters. The van der Waals surface area contributed by atoms with Crippen LogP contribution in [0.4, 0.5) is 4.79 Å². The van der Waals surface area contributed by atoms with Crippen LogP contribution in [0.25, 0.3) is 50.3 Å². The summed E-state index contributed by atoms with van der Waals surface area (Å²) in [6.07, 6.45) is 1.89. The topological polar surface area (TPSA) is 227 Å². The number of hydrogen-bond donors (Lipinski definition) is 4. The lowest BCUT2D eigenvalue weighted by atomic mass is 9.86. The molecule has 18 heteroatoms. The highest BCUT2D eigenvalue weighted by Gasteiger charge is 2.45. The summed E-state index contributed by atoms with van der Waals surface area (Å²) in [5.74, 6) is -0.749. The molecule has 3 aliphatic heterocycles. The van der Waals surface area contributed by atoms with Gasteiger partial charge in [-0.25, -0.2) is 29.0 Å². The van der Waals surface area contributed by atoms with Crippen LogP contribution in [0, 0.1) is 0 Å². The smallest absolute Gasteiger partial charge is 0.415 e. The molecule has 0 aliphatic carbocycles. The van der Waals surface area contributed by atoms with Gasteiger partial charge < -0.3 is 43.7 Å². The Morgan fingerprint density at radius 1 is 0.985 bits per heavy atom. The molecule has 1 fully saturated rings. The molecule has 67 heavy (non-hydrogen) atoms. The third-order valence-electron chi connectivity index (χ3n) is 13.5. The SMILES string of the molecule is CCc1c2c(nc3ccc(OC(=O)N4CCN(C(=O)Cn5ccc6cc(-n7c(-c8cc(C(C)C)c(O)cc8O)n[nH]c7=O)ccc65)CC4C)cc13)-c1cc3c(c(=O)n1C2)COC(=O)[C@]3(O)CC. The van der Waals surface area contributed by atoms with Gasteiger partial charge in [0.2, 0.25) is 5.91 Å². The molecule has 10 rings (SSSR count). The number of fused-ring (bicyclic) bond motifs is 6. The van der Waals surface area contributed by atoms with Crippen LogP contribution in [0.2, 0.25) is 0 Å². The van der Waals surface area contributed by atoms with Crippen molar-refractivity contribution in [3.63, 3.8) is 0 Å². The van der Waals surface area contributed by atoms with E-state index in [-0.39, 0.29) is 90.1 Å². The summed E-state index contributed by atoms with van der Waals surface area (Å²) in [6.45, 7) is 10.3. The number of piperazine rings is 1. The number of aliphatic hydroxyl groups is 1. The highest BCUT2D eigenvalue weighted by atomic mass is 16.6. The molecule has 344 valence electrons. The summed E-state index contributed by atoms with van der Waals surface area (Å²) in [4.78, 5) is 75.2. The normalized spacial score (nSPS) is 17.8. The van der Waals surface area contributed by atoms with Crippen LogP contribution >= 0.6 is 0 Å². The van der Waals surface area contributed by atoms with E-state index in [1.807, 2.05) is 44.4 Å². The number of phenolic OH excluding ortho intramolecular Hbond substituents is 2. The number of carbonyl (C=O) groups is 3. The Morgan fingerprint density at radius 2 is 1.79 bits per heavy atom. The molecule has 3 aliphatic rings. The summed E-state index contributed by atoms with van der Waals surface area (Å²) in [7, 11) is 0. The quantitative estimate of drug-likeness (QED) is 0.141. The number of ether oxygens (including phenoxy) is 2. The first-order valence-electron chi connectivity index (χ1n) is 22.3. The van der Waals surface area contributed by atoms with Crippen LogP contribution < -0.4 is 16.0 Å². The van der Waals surface area contributed by atoms with E-state index >= 15 is 0 Å². The Labute approximate surface area is 382 Å². The minimum Gasteiger partial charge on any atom is -0.508 e. The minimum absolute atomic E-state index is 0.0436. The Morgan fingerprint density at radius 3 is 2.54 bits per heavy atom. The number of phenols is 2. The van der Waals surface area contributed by atoms with E-state index in [4.69, 9.17) is 14.5 Å². The summed E-state index contributed by atoms with van der Waals surface area (Å²) in [5.41, 5.74) is 3.35. The number of carbonyl (C=O) groups excluding carboxylic acids is 3. The molecule has 3 aromatic carbocycles. The van der Waals surface area contributed by atoms with E-state index in [9.17, 15) is 39.3 Å². The van der Waals surface area contributed by atoms with Gasteiger partial charge in [-0.2, -0.15) is 5.10 Å². The minimum atomic E-state index is -1.93. The van der Waals surface area contributed by atoms with E-state index in [0.29, 0.717) is 53.4 Å². The average molecular weight is 909 g/mol. The zero-order chi connectivity index (χ0) is 47.2. The second-order valence-corrected chi connectivity index (χ2v) is 17.8. The van der Waals surface area contributed by atoms with Crippen molar-refractivity contribution in [2.24, 2.45) is 0 Å². The summed E-state index contributed by atoms with van der Waals surface area (Å²) in [6, 6.07) is 16.6. The zero-order valence-corrected chi connectivity index (χ0v) is 37.5. The first-order chi connectivity index (χ1) is 32.1. The molecule has 0 saturated carbocycles. The monoisotopic (exact) mass is 908 g/mol. The highest BCUT2D eigenvalue weighted by molar-refractivity contribution is 5.91. The van der Waals surface area contributed by atoms with Crippen molar-refractivity contribution in [2.45, 2.75) is 84.7 Å². The number of aromatic nitrogens is 6. The van der Waals surface area contributed by atoms with Crippen molar-refractivity contribution in [2.75, 3.05) is 19.6 Å². The number of aryl methyl sites for hydroxylation is 1. The molecule has 2 amide bonds. The van der Waals surface area contributed by atoms with E-state index in [1.54, 1.807) is 70.0 Å². The Hall–Kier alpha value is -7.73. The van der Waals surface area contributed by atoms with Crippen molar-refractivity contribution in [3.05, 3.63) is 116 Å². The van der Waals surface area contributed by atoms with Gasteiger partial charge >= 0.3 is 17.8 Å². The van der Waals surface area contributed by atoms with Crippen molar-refractivity contribution < 1.29 is 39.2 Å². The number of H-pyrrole nitrogens is 1. The lowest BCUT2D eigenvalue weighted by Gasteiger charge is -2.39. The maximum atomic E-state index is 13.8. The maximum Gasteiger partial charge on any atom is 0.415 e. The van der Waals surface area contributed by atoms with Crippen LogP contribution in [-0.2, 0) is 46.0 Å². The number of aromatic hydroxyl groups is 2. The van der Waals surface area contributed by atoms with Crippen LogP contribution in [0.15, 0.2) is 76.4 Å². The predicted molar refractivity (Wildman–Crippen MR) is 245 cm³/mol. The number of nitrogens with one attached hydrogen (secondary N) is 1. The predicted octanol–water partition coefficient (Wildman–Crippen LogP) is 5.40. The number of amides is 2. The van der Waals surface area contributed by atoms with Gasteiger partial charge in [0.15, 0.2) is 11.4 Å². The first-order valence-corrected chi connectivity index (χ1v) is 22.3. The van der Waals surface area contributed by atoms with E-state index in [0.717, 1.165) is 27.4 Å². The van der Waals surface area contributed by atoms with Gasteiger partial charge in [-0.1, -0.05) is 27.7 Å². The average Bonchev–Trinajstić information content (AvgIpc) is 4.01. The maximum absolute atomic E-state index is 13.8. The number of cyclic esters (lactones) is 1. The number of nitrogens with zero attached hydrogens (tertiary/aromatic N) is 7. The van der Waals surface area contributed by atoms with E-state index < -0.39 is 23.4 Å². The molecule has 18 nitrogen and oxygen atoms in total. The molecular weight excluding hydrogens is 861 g/mol. The number of pyridine rings is 2. The number of esters is 1. The van der Waals surface area contributed by atoms with Crippen molar-refractivity contribution >= 4 is 39.8 Å². The number of rotatable bonds is 8. The van der Waals surface area contributed by atoms with Crippen molar-refractivity contribution in [3.8, 4) is 45.7 Å². The Kier molecular flexibility index (Phi) is 10.3. The fraction of sp³-hybridized carbons (Fsp3) is 0.327. The van der Waals surface area contributed by atoms with Crippen LogP contribution in [0.5, 0.6) is 17.2 Å². The zero-order valence-electron chi connectivity index (χ0n) is 37.5. The molecule has 0 bridgehead atoms. The summed E-state index contributed by atoms with van der Waals surface area (Å²) < 4.78 is 15.9. The fourth-order valence-electron chi connectivity index (χ4n) is 9.89. The van der Waals surface area contributed by atoms with Gasteiger partial charge in [-0.05, 0) is 91.4 Å². The van der Waals surface area contributed by atoms with Crippen LogP contribution in [0.3, 0.4) is 0 Å². The molecule has 0 spiro atoms. The van der Waals surface area contributed by atoms with Gasteiger partial charge in [0.1, 0.15) is 30.4 Å². The largest absolute Gasteiger partial charge is 0.508 e. The molecule has 7 heterocycles. The number of benzene rings is 3. The Balaban J connectivity index is 0.823. The molecule has 4 N–H and O–H groups in total. The van der Waals surface area contributed by atoms with E-state index in [1.165, 1.54) is 10.6 Å². The van der Waals surface area contributed by atoms with Crippen molar-refractivity contribution in [1.82, 2.24) is 38.7 Å². The summed E-state index contributed by atoms with van der Waals surface area (Å²) >= 11 is 0. The first kappa shape index (κ1) is 43.2. The molecule has 1 saturated heterocycles. The van der Waals surface area contributed by atoms with E-state index in [2.05, 4.69) is 10.2 Å². The van der Waals surface area contributed by atoms with Gasteiger partial charge in [-0.3, -0.25) is 9.59 Å². The lowest BCUT2D eigenvalue weighted by molar-refractivity contribution is -0.172. The molecule has 1 unspecified atom stereocenters. The standard InChI is InChI=1S/C49H48N8O10/c1-6-30-32-17-29(9-10-37(32)50-43-34(30)22-56-39(43)19-36-35(45(56)61)24-66-46(62)49(36,65)7-2)67-48(64)55-15-14-54(21-26(55)5)42(60)23-53-13-12-27-16-28(8-11-38(27)53)57-44(51-52-47(57)63)33-18-31(25(3)4)40(58)20-41(33)59/h8-13,16-20,25-26,58-59,65H,6-7,14-15,21-24H2,1-5H3,(H,52,63)/t26?,49-/m0/s1. The Bertz CT molecular complexity index is 3360. The van der Waals surface area contributed by atoms with Crippen LogP contribution in [-0.4, -0.2) is 97.6 Å². The molecule has 4 aromatic heterocycles. The highest BCUT2D eigenvalue weighted by Crippen LogP contribution is 2.42. The molecular formula is C49H48N8O10. The number of aromatic amines is 1. The van der Waals surface area contributed by atoms with Crippen molar-refractivity contribution in [1.29, 1.82) is 0 Å². The number of hydrogen-bond acceptors (Lipinski definition) is 12.